The van der Waals surface area contributed by atoms with Crippen LogP contribution < -0.4 is 34.1 Å². The van der Waals surface area contributed by atoms with Crippen LogP contribution in [0.1, 0.15) is 53.8 Å². The van der Waals surface area contributed by atoms with E-state index in [1.807, 2.05) is 0 Å². The molecule has 0 aliphatic carbocycles. The Kier molecular flexibility index (Phi) is 18.2. The van der Waals surface area contributed by atoms with E-state index < -0.39 is 0 Å². The molecule has 0 aliphatic heterocycles. The zero-order valence-electron chi connectivity index (χ0n) is 13.6. The third-order valence-corrected chi connectivity index (χ3v) is 2.55. The van der Waals surface area contributed by atoms with Crippen LogP contribution in [0.3, 0.4) is 0 Å². The number of carbonyl (C=O) groups excluding carboxylic acids is 1. The number of hydrogen-bond acceptors (Lipinski definition) is 1. The summed E-state index contributed by atoms with van der Waals surface area (Å²) in [7, 11) is 0. The maximum Gasteiger partial charge on any atom is 1.00 e. The van der Waals surface area contributed by atoms with Crippen molar-refractivity contribution in [1.29, 1.82) is 0 Å². The molecule has 0 saturated carbocycles. The summed E-state index contributed by atoms with van der Waals surface area (Å²) in [4.78, 5) is 9.21. The van der Waals surface area contributed by atoms with E-state index in [0.717, 1.165) is 0 Å². The van der Waals surface area contributed by atoms with Gasteiger partial charge in [0.15, 0.2) is 12.4 Å². The maximum absolute atomic E-state index is 9.21. The Labute approximate surface area is 146 Å². The second kappa shape index (κ2) is 16.2. The maximum atomic E-state index is 9.21. The normalized spacial score (nSPS) is 9.00. The number of carbonyl (C=O) groups is 1. The fourth-order valence-corrected chi connectivity index (χ4v) is 1.66. The van der Waals surface area contributed by atoms with Gasteiger partial charge in [0, 0.05) is 25.5 Å². The molecule has 0 spiro atoms. The van der Waals surface area contributed by atoms with Gasteiger partial charge in [-0.25, -0.2) is 4.57 Å². The summed E-state index contributed by atoms with van der Waals surface area (Å²) in [6.07, 6.45) is 12.5. The van der Waals surface area contributed by atoms with Crippen LogP contribution in [0.4, 0.5) is 0 Å². The topological polar surface area (TPSA) is 20.9 Å². The Hall–Kier alpha value is 0.110. The van der Waals surface area contributed by atoms with Crippen molar-refractivity contribution in [2.75, 3.05) is 0 Å². The summed E-state index contributed by atoms with van der Waals surface area (Å²) in [6, 6.07) is 6.26. The second-order valence-corrected chi connectivity index (χ2v) is 4.88. The molecule has 0 N–H and O–H groups in total. The van der Waals surface area contributed by atoms with Gasteiger partial charge in [-0.3, -0.25) is 4.79 Å². The molecule has 1 aromatic rings. The first-order valence-corrected chi connectivity index (χ1v) is 7.14. The minimum Gasteiger partial charge on any atom is -1.00 e. The molecule has 104 valence electrons. The van der Waals surface area contributed by atoms with E-state index in [1.54, 1.807) is 0 Å². The van der Waals surface area contributed by atoms with Gasteiger partial charge in [-0.15, -0.1) is 0 Å². The summed E-state index contributed by atoms with van der Waals surface area (Å²) in [5.41, 5.74) is 0. The Morgan fingerprint density at radius 1 is 1.05 bits per heavy atom. The van der Waals surface area contributed by atoms with Crippen LogP contribution in [-0.2, 0) is 11.3 Å². The van der Waals surface area contributed by atoms with Gasteiger partial charge in [0.05, 0.1) is 0 Å². The van der Waals surface area contributed by atoms with Gasteiger partial charge in [0.1, 0.15) is 6.54 Å². The predicted octanol–water partition coefficient (Wildman–Crippen LogP) is 1.22. The van der Waals surface area contributed by atoms with E-state index in [2.05, 4.69) is 53.7 Å². The molecule has 1 aromatic heterocycles. The standard InChI is InChI=1S/C13H22N.C2H3ClO.Na.H/c1-2-3-4-5-6-8-11-14-12-9-7-10-13-14;1-2(3)4;;/h7,9-10,12-13H,2-6,8,11H2,1H3;1H3;;/q+1;;+1;-1. The third-order valence-electron chi connectivity index (χ3n) is 2.55. The summed E-state index contributed by atoms with van der Waals surface area (Å²) >= 11 is 4.64. The van der Waals surface area contributed by atoms with Crippen LogP contribution >= 0.6 is 11.6 Å². The largest absolute Gasteiger partial charge is 1.00 e. The number of aromatic nitrogens is 1. The molecule has 0 unspecified atom stereocenters. The Morgan fingerprint density at radius 2 is 1.53 bits per heavy atom. The number of halogens is 1. The molecule has 4 heteroatoms. The van der Waals surface area contributed by atoms with E-state index >= 15 is 0 Å². The van der Waals surface area contributed by atoms with Crippen LogP contribution in [0.15, 0.2) is 30.6 Å². The number of nitrogens with zero attached hydrogens (tertiary/aromatic N) is 1. The van der Waals surface area contributed by atoms with Crippen LogP contribution in [0.25, 0.3) is 0 Å². The first-order chi connectivity index (χ1) is 8.66. The molecule has 0 saturated heterocycles. The summed E-state index contributed by atoms with van der Waals surface area (Å²) in [6.45, 7) is 4.73. The first-order valence-electron chi connectivity index (χ1n) is 6.77. The molecule has 0 atom stereocenters. The molecule has 1 rings (SSSR count). The zero-order chi connectivity index (χ0) is 13.6. The van der Waals surface area contributed by atoms with Crippen LogP contribution in [0.5, 0.6) is 0 Å². The van der Waals surface area contributed by atoms with E-state index in [-0.39, 0.29) is 36.2 Å². The van der Waals surface area contributed by atoms with Gasteiger partial charge in [-0.05, 0) is 18.0 Å². The molecule has 0 fully saturated rings. The average Bonchev–Trinajstić information content (AvgIpc) is 2.34. The number of hydrogen-bond donors (Lipinski definition) is 0. The number of unbranched alkanes of at least 4 members (excludes halogenated alkanes) is 5. The molecule has 0 aliphatic rings. The van der Waals surface area contributed by atoms with Crippen molar-refractivity contribution in [1.82, 2.24) is 0 Å². The molecular formula is C15H26ClNNaO+. The second-order valence-electron chi connectivity index (χ2n) is 4.35. The van der Waals surface area contributed by atoms with Crippen LogP contribution in [0.2, 0.25) is 0 Å². The van der Waals surface area contributed by atoms with E-state index in [1.165, 1.54) is 52.0 Å². The van der Waals surface area contributed by atoms with Gasteiger partial charge in [0.25, 0.3) is 0 Å². The molecule has 0 amide bonds. The molecule has 2 nitrogen and oxygen atoms in total. The molecular weight excluding hydrogens is 269 g/mol. The fourth-order valence-electron chi connectivity index (χ4n) is 1.66. The fraction of sp³-hybridized carbons (Fsp3) is 0.600. The number of aryl methyl sites for hydroxylation is 1. The van der Waals surface area contributed by atoms with Crippen molar-refractivity contribution in [2.24, 2.45) is 0 Å². The van der Waals surface area contributed by atoms with Crippen molar-refractivity contribution >= 4 is 16.8 Å². The van der Waals surface area contributed by atoms with Gasteiger partial charge in [0.2, 0.25) is 5.24 Å². The minimum absolute atomic E-state index is 0. The van der Waals surface area contributed by atoms with Gasteiger partial charge in [-0.1, -0.05) is 38.7 Å². The quantitative estimate of drug-likeness (QED) is 0.321. The molecule has 1 heterocycles. The molecule has 0 bridgehead atoms. The molecule has 0 aromatic carbocycles. The van der Waals surface area contributed by atoms with Gasteiger partial charge < -0.3 is 1.43 Å². The minimum atomic E-state index is -0.361. The monoisotopic (exact) mass is 294 g/mol. The van der Waals surface area contributed by atoms with Crippen molar-refractivity contribution in [2.45, 2.75) is 58.9 Å². The average molecular weight is 295 g/mol. The Balaban J connectivity index is -0.000000429. The van der Waals surface area contributed by atoms with Crippen molar-refractivity contribution in [3.05, 3.63) is 30.6 Å². The number of pyridine rings is 1. The van der Waals surface area contributed by atoms with E-state index in [9.17, 15) is 4.79 Å². The summed E-state index contributed by atoms with van der Waals surface area (Å²) in [5.74, 6) is 0. The van der Waals surface area contributed by atoms with Crippen molar-refractivity contribution < 1.29 is 40.3 Å². The van der Waals surface area contributed by atoms with Crippen LogP contribution in [-0.4, -0.2) is 5.24 Å². The van der Waals surface area contributed by atoms with Crippen molar-refractivity contribution in [3.63, 3.8) is 0 Å². The smallest absolute Gasteiger partial charge is 1.00 e. The summed E-state index contributed by atoms with van der Waals surface area (Å²) in [5, 5.41) is -0.361. The van der Waals surface area contributed by atoms with Gasteiger partial charge in [-0.2, -0.15) is 0 Å². The summed E-state index contributed by atoms with van der Waals surface area (Å²) < 4.78 is 2.26. The SMILES string of the molecule is CC(=O)Cl.CCCCCCCC[n+]1ccccc1.[H-].[Na+]. The van der Waals surface area contributed by atoms with Crippen LogP contribution in [0, 0.1) is 0 Å². The van der Waals surface area contributed by atoms with Gasteiger partial charge >= 0.3 is 29.6 Å². The molecule has 19 heavy (non-hydrogen) atoms. The third kappa shape index (κ3) is 18.1. The molecule has 0 radical (unpaired) electrons. The Morgan fingerprint density at radius 3 is 2.05 bits per heavy atom. The van der Waals surface area contributed by atoms with Crippen molar-refractivity contribution in [3.8, 4) is 0 Å². The van der Waals surface area contributed by atoms with E-state index in [0.29, 0.717) is 0 Å². The first kappa shape index (κ1) is 21.4. The Bertz CT molecular complexity index is 308. The predicted molar refractivity (Wildman–Crippen MR) is 77.7 cm³/mol. The number of rotatable bonds is 7. The van der Waals surface area contributed by atoms with E-state index in [4.69, 9.17) is 0 Å². The zero-order valence-corrected chi connectivity index (χ0v) is 15.3.